The summed E-state index contributed by atoms with van der Waals surface area (Å²) in [6, 6.07) is 7.10. The van der Waals surface area contributed by atoms with Gasteiger partial charge in [-0.2, -0.15) is 0 Å². The second-order valence-corrected chi connectivity index (χ2v) is 5.42. The summed E-state index contributed by atoms with van der Waals surface area (Å²) in [6.07, 6.45) is 3.04. The first kappa shape index (κ1) is 14.7. The molecule has 1 aliphatic heterocycles. The van der Waals surface area contributed by atoms with E-state index in [9.17, 15) is 14.7 Å². The van der Waals surface area contributed by atoms with E-state index in [1.165, 1.54) is 0 Å². The van der Waals surface area contributed by atoms with Gasteiger partial charge in [0.25, 0.3) is 0 Å². The minimum atomic E-state index is -0.771. The Hall–Kier alpha value is -1.68. The molecule has 1 fully saturated rings. The van der Waals surface area contributed by atoms with Gasteiger partial charge in [0.2, 0.25) is 0 Å². The first-order valence-corrected chi connectivity index (χ1v) is 7.14. The van der Waals surface area contributed by atoms with Crippen LogP contribution >= 0.6 is 0 Å². The molecule has 0 spiro atoms. The van der Waals surface area contributed by atoms with E-state index in [1.54, 1.807) is 0 Å². The summed E-state index contributed by atoms with van der Waals surface area (Å²) in [6.45, 7) is 3.29. The predicted molar refractivity (Wildman–Crippen MR) is 77.0 cm³/mol. The van der Waals surface area contributed by atoms with Crippen LogP contribution in [0.25, 0.3) is 0 Å². The summed E-state index contributed by atoms with van der Waals surface area (Å²) < 4.78 is 0. The standard InChI is InChI=1S/C16H21NO3/c1-12-5-7-13(8-6-12)15(18)9-11-17-10-3-2-4-14(17)16(19)20/h5-8,14H,2-4,9-11H2,1H3,(H,19,20). The van der Waals surface area contributed by atoms with Gasteiger partial charge in [-0.3, -0.25) is 14.5 Å². The Labute approximate surface area is 119 Å². The van der Waals surface area contributed by atoms with Gasteiger partial charge in [-0.1, -0.05) is 36.2 Å². The van der Waals surface area contributed by atoms with Crippen molar-refractivity contribution in [3.8, 4) is 0 Å². The molecule has 4 heteroatoms. The number of carboxylic acids is 1. The molecule has 1 atom stereocenters. The highest BCUT2D eigenvalue weighted by molar-refractivity contribution is 5.96. The number of Topliss-reactive ketones (excluding diaryl/α,β-unsaturated/α-hetero) is 1. The lowest BCUT2D eigenvalue weighted by molar-refractivity contribution is -0.144. The molecule has 1 aliphatic rings. The van der Waals surface area contributed by atoms with Gasteiger partial charge in [0.05, 0.1) is 0 Å². The largest absolute Gasteiger partial charge is 0.480 e. The number of hydrogen-bond donors (Lipinski definition) is 1. The first-order valence-electron chi connectivity index (χ1n) is 7.14. The Morgan fingerprint density at radius 1 is 1.25 bits per heavy atom. The number of carbonyl (C=O) groups is 2. The van der Waals surface area contributed by atoms with Crippen LogP contribution in [0.1, 0.15) is 41.6 Å². The Morgan fingerprint density at radius 2 is 1.95 bits per heavy atom. The molecule has 4 nitrogen and oxygen atoms in total. The maximum absolute atomic E-state index is 12.1. The Kier molecular flexibility index (Phi) is 4.90. The third-order valence-electron chi connectivity index (χ3n) is 3.90. The van der Waals surface area contributed by atoms with Crippen LogP contribution in [0, 0.1) is 6.92 Å². The summed E-state index contributed by atoms with van der Waals surface area (Å²) in [5, 5.41) is 9.19. The highest BCUT2D eigenvalue weighted by atomic mass is 16.4. The molecule has 1 saturated heterocycles. The number of likely N-dealkylation sites (tertiary alicyclic amines) is 1. The van der Waals surface area contributed by atoms with E-state index in [1.807, 2.05) is 36.1 Å². The van der Waals surface area contributed by atoms with Crippen molar-refractivity contribution in [2.24, 2.45) is 0 Å². The summed E-state index contributed by atoms with van der Waals surface area (Å²) in [7, 11) is 0. The molecule has 1 aromatic carbocycles. The van der Waals surface area contributed by atoms with Crippen molar-refractivity contribution in [2.45, 2.75) is 38.6 Å². The van der Waals surface area contributed by atoms with Crippen LogP contribution in [-0.4, -0.2) is 40.9 Å². The predicted octanol–water partition coefficient (Wildman–Crippen LogP) is 2.51. The number of carboxylic acid groups (broad SMARTS) is 1. The van der Waals surface area contributed by atoms with Crippen molar-refractivity contribution in [2.75, 3.05) is 13.1 Å². The normalized spacial score (nSPS) is 19.8. The number of aryl methyl sites for hydroxylation is 1. The van der Waals surface area contributed by atoms with Crippen LogP contribution in [0.4, 0.5) is 0 Å². The lowest BCUT2D eigenvalue weighted by Gasteiger charge is -2.32. The van der Waals surface area contributed by atoms with Crippen LogP contribution in [0.3, 0.4) is 0 Å². The van der Waals surface area contributed by atoms with Gasteiger partial charge >= 0.3 is 5.97 Å². The fraction of sp³-hybridized carbons (Fsp3) is 0.500. The van der Waals surface area contributed by atoms with Crippen LogP contribution in [0.5, 0.6) is 0 Å². The van der Waals surface area contributed by atoms with E-state index in [4.69, 9.17) is 0 Å². The van der Waals surface area contributed by atoms with Crippen molar-refractivity contribution < 1.29 is 14.7 Å². The average molecular weight is 275 g/mol. The molecular formula is C16H21NO3. The van der Waals surface area contributed by atoms with Gasteiger partial charge in [0.1, 0.15) is 6.04 Å². The fourth-order valence-corrected chi connectivity index (χ4v) is 2.67. The molecule has 0 aromatic heterocycles. The Balaban J connectivity index is 1.91. The average Bonchev–Trinajstić information content (AvgIpc) is 2.45. The number of hydrogen-bond acceptors (Lipinski definition) is 3. The van der Waals surface area contributed by atoms with Crippen molar-refractivity contribution in [1.82, 2.24) is 4.90 Å². The van der Waals surface area contributed by atoms with E-state index >= 15 is 0 Å². The third kappa shape index (κ3) is 3.67. The van der Waals surface area contributed by atoms with Gasteiger partial charge < -0.3 is 5.11 Å². The van der Waals surface area contributed by atoms with E-state index in [2.05, 4.69) is 0 Å². The number of aliphatic carboxylic acids is 1. The number of ketones is 1. The number of rotatable bonds is 5. The van der Waals surface area contributed by atoms with Gasteiger partial charge in [-0.25, -0.2) is 0 Å². The monoisotopic (exact) mass is 275 g/mol. The molecular weight excluding hydrogens is 254 g/mol. The molecule has 0 radical (unpaired) electrons. The molecule has 0 amide bonds. The molecule has 108 valence electrons. The summed E-state index contributed by atoms with van der Waals surface area (Å²) in [5.74, 6) is -0.688. The van der Waals surface area contributed by atoms with Gasteiger partial charge in [-0.05, 0) is 26.3 Å². The highest BCUT2D eigenvalue weighted by Crippen LogP contribution is 2.18. The van der Waals surface area contributed by atoms with Crippen LogP contribution < -0.4 is 0 Å². The van der Waals surface area contributed by atoms with E-state index in [-0.39, 0.29) is 5.78 Å². The van der Waals surface area contributed by atoms with Gasteiger partial charge in [0, 0.05) is 18.5 Å². The SMILES string of the molecule is Cc1ccc(C(=O)CCN2CCCCC2C(=O)O)cc1. The zero-order chi connectivity index (χ0) is 14.5. The van der Waals surface area contributed by atoms with E-state index in [0.29, 0.717) is 24.9 Å². The minimum absolute atomic E-state index is 0.0831. The maximum atomic E-state index is 12.1. The topological polar surface area (TPSA) is 57.6 Å². The lowest BCUT2D eigenvalue weighted by Crippen LogP contribution is -2.45. The zero-order valence-corrected chi connectivity index (χ0v) is 11.8. The first-order chi connectivity index (χ1) is 9.58. The molecule has 20 heavy (non-hydrogen) atoms. The summed E-state index contributed by atoms with van der Waals surface area (Å²) in [5.41, 5.74) is 1.84. The zero-order valence-electron chi connectivity index (χ0n) is 11.8. The van der Waals surface area contributed by atoms with Crippen molar-refractivity contribution in [3.63, 3.8) is 0 Å². The summed E-state index contributed by atoms with van der Waals surface area (Å²) in [4.78, 5) is 25.2. The molecule has 2 rings (SSSR count). The Morgan fingerprint density at radius 3 is 2.60 bits per heavy atom. The summed E-state index contributed by atoms with van der Waals surface area (Å²) >= 11 is 0. The number of carbonyl (C=O) groups excluding carboxylic acids is 1. The molecule has 1 unspecified atom stereocenters. The second-order valence-electron chi connectivity index (χ2n) is 5.42. The molecule has 1 N–H and O–H groups in total. The van der Waals surface area contributed by atoms with Gasteiger partial charge in [-0.15, -0.1) is 0 Å². The molecule has 0 saturated carbocycles. The number of nitrogens with zero attached hydrogens (tertiary/aromatic N) is 1. The van der Waals surface area contributed by atoms with Crippen molar-refractivity contribution >= 4 is 11.8 Å². The van der Waals surface area contributed by atoms with Crippen molar-refractivity contribution in [1.29, 1.82) is 0 Å². The van der Waals surface area contributed by atoms with Gasteiger partial charge in [0.15, 0.2) is 5.78 Å². The molecule has 1 aromatic rings. The lowest BCUT2D eigenvalue weighted by atomic mass is 10.0. The quantitative estimate of drug-likeness (QED) is 0.839. The minimum Gasteiger partial charge on any atom is -0.480 e. The van der Waals surface area contributed by atoms with E-state index in [0.717, 1.165) is 24.9 Å². The molecule has 0 aliphatic carbocycles. The number of benzene rings is 1. The second kappa shape index (κ2) is 6.66. The highest BCUT2D eigenvalue weighted by Gasteiger charge is 2.28. The van der Waals surface area contributed by atoms with Crippen LogP contribution in [0.2, 0.25) is 0 Å². The van der Waals surface area contributed by atoms with Crippen LogP contribution in [0.15, 0.2) is 24.3 Å². The molecule has 1 heterocycles. The fourth-order valence-electron chi connectivity index (χ4n) is 2.67. The Bertz CT molecular complexity index is 481. The number of piperidine rings is 1. The van der Waals surface area contributed by atoms with E-state index < -0.39 is 12.0 Å². The third-order valence-corrected chi connectivity index (χ3v) is 3.90. The van der Waals surface area contributed by atoms with Crippen LogP contribution in [-0.2, 0) is 4.79 Å². The molecule has 0 bridgehead atoms. The maximum Gasteiger partial charge on any atom is 0.320 e. The van der Waals surface area contributed by atoms with Crippen molar-refractivity contribution in [3.05, 3.63) is 35.4 Å². The smallest absolute Gasteiger partial charge is 0.320 e.